The van der Waals surface area contributed by atoms with E-state index in [4.69, 9.17) is 62.4 Å². The van der Waals surface area contributed by atoms with Crippen LogP contribution in [0.3, 0.4) is 0 Å². The van der Waals surface area contributed by atoms with Crippen LogP contribution in [0.25, 0.3) is 20.9 Å². The Balaban J connectivity index is 1.53. The predicted octanol–water partition coefficient (Wildman–Crippen LogP) is -6.19. The van der Waals surface area contributed by atoms with Crippen molar-refractivity contribution in [3.63, 3.8) is 0 Å². The highest BCUT2D eigenvalue weighted by Crippen LogP contribution is 2.35. The molecule has 4 fully saturated rings. The minimum atomic E-state index is -1.74. The highest BCUT2D eigenvalue weighted by Gasteiger charge is 2.54. The van der Waals surface area contributed by atoms with Crippen LogP contribution in [0.2, 0.25) is 0 Å². The first-order valence-corrected chi connectivity index (χ1v) is 14.5. The molecule has 3 heterocycles. The molecule has 4 aliphatic rings. The van der Waals surface area contributed by atoms with Crippen molar-refractivity contribution in [2.24, 2.45) is 33.2 Å². The van der Waals surface area contributed by atoms with E-state index in [1.165, 1.54) is 0 Å². The van der Waals surface area contributed by atoms with Crippen LogP contribution in [0.4, 0.5) is 0 Å². The molecule has 262 valence electrons. The van der Waals surface area contributed by atoms with E-state index in [9.17, 15) is 35.7 Å². The number of aliphatic hydroxyl groups excluding tert-OH is 7. The lowest BCUT2D eigenvalue weighted by molar-refractivity contribution is -0.306. The summed E-state index contributed by atoms with van der Waals surface area (Å²) < 4.78 is 34.7. The maximum atomic E-state index is 11.2. The van der Waals surface area contributed by atoms with Gasteiger partial charge in [0.15, 0.2) is 18.9 Å². The van der Waals surface area contributed by atoms with Gasteiger partial charge in [-0.3, -0.25) is 0 Å². The topological polar surface area (TPSA) is 399 Å². The molecule has 0 radical (unpaired) electrons. The number of nitrogens with zero attached hydrogens (tertiary/aromatic N) is 6. The van der Waals surface area contributed by atoms with Crippen LogP contribution in [-0.2, 0) is 28.4 Å². The van der Waals surface area contributed by atoms with Crippen molar-refractivity contribution in [2.45, 2.75) is 123 Å². The molecule has 0 aromatic carbocycles. The summed E-state index contributed by atoms with van der Waals surface area (Å²) in [5, 5.41) is 80.5. The Bertz CT molecular complexity index is 1100. The van der Waals surface area contributed by atoms with Crippen molar-refractivity contribution in [1.29, 1.82) is 0 Å². The largest absolute Gasteiger partial charge is 0.394 e. The first-order chi connectivity index (χ1) is 21.9. The van der Waals surface area contributed by atoms with Crippen molar-refractivity contribution in [2.75, 3.05) is 19.7 Å². The molecule has 46 heavy (non-hydrogen) atoms. The lowest BCUT2D eigenvalue weighted by atomic mass is 9.84. The number of nitrogens with two attached hydrogens (primary N) is 4. The Morgan fingerprint density at radius 3 is 1.91 bits per heavy atom. The fourth-order valence-electron chi connectivity index (χ4n) is 5.95. The van der Waals surface area contributed by atoms with Gasteiger partial charge < -0.3 is 87.1 Å². The number of hydrogen-bond acceptors (Lipinski definition) is 19. The number of hydrogen-bond donors (Lipinski definition) is 11. The van der Waals surface area contributed by atoms with E-state index in [1.54, 1.807) is 0 Å². The Morgan fingerprint density at radius 1 is 0.674 bits per heavy atom. The molecule has 1 saturated carbocycles. The number of azide groups is 2. The standard InChI is InChI=1S/C23H42N10O13/c24-2-7-13(36)15(38)10(27)21(41-7)44-18-6(26)1-5(25)12(35)20(18)46-23-17(40)19(9(4-34)43-23)45-22-11(31-33-29)16(39)14(37)8(42-22)3-30-32-28/h5-23,34-40H,1-4,24-27H2/t5-,6?,7?,8+,9-,10?,11?,12?,13-,14+,15-,16?,17?,18-,19+,20-,21-,22+,23+/m1/s1. The zero-order chi connectivity index (χ0) is 33.9. The van der Waals surface area contributed by atoms with Crippen LogP contribution >= 0.6 is 0 Å². The van der Waals surface area contributed by atoms with Crippen LogP contribution in [-0.4, -0.2) is 172 Å². The van der Waals surface area contributed by atoms with E-state index in [1.807, 2.05) is 0 Å². The first kappa shape index (κ1) is 36.8. The zero-order valence-electron chi connectivity index (χ0n) is 24.4. The molecule has 3 aliphatic heterocycles. The van der Waals surface area contributed by atoms with Gasteiger partial charge in [0.1, 0.15) is 61.0 Å². The Hall–Kier alpha value is -2.06. The van der Waals surface area contributed by atoms with Gasteiger partial charge in [0.25, 0.3) is 0 Å². The lowest BCUT2D eigenvalue weighted by Gasteiger charge is -2.47. The monoisotopic (exact) mass is 666 g/mol. The van der Waals surface area contributed by atoms with Crippen LogP contribution < -0.4 is 22.9 Å². The van der Waals surface area contributed by atoms with Gasteiger partial charge in [0.05, 0.1) is 37.5 Å². The second-order valence-electron chi connectivity index (χ2n) is 11.5. The zero-order valence-corrected chi connectivity index (χ0v) is 24.4. The minimum Gasteiger partial charge on any atom is -0.394 e. The van der Waals surface area contributed by atoms with Crippen LogP contribution in [0, 0.1) is 0 Å². The van der Waals surface area contributed by atoms with Gasteiger partial charge in [-0.05, 0) is 17.5 Å². The summed E-state index contributed by atoms with van der Waals surface area (Å²) in [5.41, 5.74) is 41.7. The van der Waals surface area contributed by atoms with Gasteiger partial charge in [0, 0.05) is 28.5 Å². The molecule has 23 heteroatoms. The van der Waals surface area contributed by atoms with Gasteiger partial charge in [-0.2, -0.15) is 0 Å². The summed E-state index contributed by atoms with van der Waals surface area (Å²) in [5.74, 6) is 0. The highest BCUT2D eigenvalue weighted by atomic mass is 16.8. The van der Waals surface area contributed by atoms with Gasteiger partial charge >= 0.3 is 0 Å². The van der Waals surface area contributed by atoms with E-state index in [0.29, 0.717) is 0 Å². The van der Waals surface area contributed by atoms with Crippen LogP contribution in [0.15, 0.2) is 10.2 Å². The molecular weight excluding hydrogens is 624 g/mol. The average molecular weight is 667 g/mol. The molecule has 3 saturated heterocycles. The van der Waals surface area contributed by atoms with Crippen molar-refractivity contribution in [3.05, 3.63) is 20.9 Å². The van der Waals surface area contributed by atoms with Crippen molar-refractivity contribution >= 4 is 0 Å². The molecule has 23 nitrogen and oxygen atoms in total. The second-order valence-corrected chi connectivity index (χ2v) is 11.5. The quantitative estimate of drug-likeness (QED) is 0.0555. The highest BCUT2D eigenvalue weighted by molar-refractivity contribution is 5.02. The summed E-state index contributed by atoms with van der Waals surface area (Å²) in [4.78, 5) is 5.21. The lowest BCUT2D eigenvalue weighted by Crippen LogP contribution is -2.68. The third kappa shape index (κ3) is 7.48. The molecular formula is C23H42N10O13. The molecule has 15 N–H and O–H groups in total. The summed E-state index contributed by atoms with van der Waals surface area (Å²) in [6, 6.07) is -4.64. The average Bonchev–Trinajstić information content (AvgIpc) is 3.33. The molecule has 0 aromatic heterocycles. The maximum absolute atomic E-state index is 11.2. The van der Waals surface area contributed by atoms with E-state index in [-0.39, 0.29) is 13.0 Å². The fourth-order valence-corrected chi connectivity index (χ4v) is 5.95. The smallest absolute Gasteiger partial charge is 0.187 e. The molecule has 7 unspecified atom stereocenters. The first-order valence-electron chi connectivity index (χ1n) is 14.5. The molecule has 0 spiro atoms. The molecule has 0 bridgehead atoms. The van der Waals surface area contributed by atoms with E-state index in [2.05, 4.69) is 20.1 Å². The van der Waals surface area contributed by atoms with E-state index in [0.717, 1.165) is 0 Å². The Morgan fingerprint density at radius 2 is 1.28 bits per heavy atom. The molecule has 0 aromatic rings. The van der Waals surface area contributed by atoms with Crippen molar-refractivity contribution < 1.29 is 64.2 Å². The summed E-state index contributed by atoms with van der Waals surface area (Å²) >= 11 is 0. The van der Waals surface area contributed by atoms with Gasteiger partial charge in [-0.1, -0.05) is 10.2 Å². The minimum absolute atomic E-state index is 0.0449. The van der Waals surface area contributed by atoms with Gasteiger partial charge in [-0.25, -0.2) is 0 Å². The number of ether oxygens (including phenoxy) is 6. The van der Waals surface area contributed by atoms with Crippen molar-refractivity contribution in [3.8, 4) is 0 Å². The Labute approximate surface area is 261 Å². The summed E-state index contributed by atoms with van der Waals surface area (Å²) in [6.45, 7) is -1.37. The van der Waals surface area contributed by atoms with Gasteiger partial charge in [-0.15, -0.1) is 0 Å². The van der Waals surface area contributed by atoms with E-state index < -0.39 is 129 Å². The molecule has 0 amide bonds. The Kier molecular flexibility index (Phi) is 12.7. The normalized spacial score (nSPS) is 49.6. The number of rotatable bonds is 11. The van der Waals surface area contributed by atoms with Crippen LogP contribution in [0.1, 0.15) is 6.42 Å². The third-order valence-electron chi connectivity index (χ3n) is 8.57. The fraction of sp³-hybridized carbons (Fsp3) is 1.00. The SMILES string of the molecule is [N-]=[N+]=NC[C@@H]1O[C@@H](O[C@@H]2C(O)[C@H](O[C@@H]3C(O)[C@H](N)CC(N)[C@H]3O[C@H]3OC(CN)[C@@H](O)[C@H](O)C3N)O[C@@H]2CO)C(N=[N+]=[N-])C(O)[C@H]1O. The van der Waals surface area contributed by atoms with Crippen molar-refractivity contribution in [1.82, 2.24) is 0 Å². The van der Waals surface area contributed by atoms with Crippen LogP contribution in [0.5, 0.6) is 0 Å². The summed E-state index contributed by atoms with van der Waals surface area (Å²) in [6.07, 6.45) is -21.8. The molecule has 19 atom stereocenters. The predicted molar refractivity (Wildman–Crippen MR) is 148 cm³/mol. The summed E-state index contributed by atoms with van der Waals surface area (Å²) in [7, 11) is 0. The van der Waals surface area contributed by atoms with Gasteiger partial charge in [0.2, 0.25) is 0 Å². The van der Waals surface area contributed by atoms with E-state index >= 15 is 0 Å². The number of aliphatic hydroxyl groups is 7. The molecule has 1 aliphatic carbocycles. The second kappa shape index (κ2) is 15.9. The third-order valence-corrected chi connectivity index (χ3v) is 8.57. The molecule has 4 rings (SSSR count). The maximum Gasteiger partial charge on any atom is 0.187 e.